The third kappa shape index (κ3) is 3.51. The van der Waals surface area contributed by atoms with Gasteiger partial charge in [-0.25, -0.2) is 0 Å². The van der Waals surface area contributed by atoms with Crippen molar-refractivity contribution in [2.24, 2.45) is 0 Å². The fourth-order valence-electron chi connectivity index (χ4n) is 1.95. The Morgan fingerprint density at radius 3 is 2.35 bits per heavy atom. The van der Waals surface area contributed by atoms with Crippen molar-refractivity contribution >= 4 is 40.5 Å². The molecule has 106 valence electrons. The molecular weight excluding hydrogens is 317 g/mol. The van der Waals surface area contributed by atoms with Crippen molar-refractivity contribution in [3.8, 4) is 5.75 Å². The minimum atomic E-state index is 0.0693. The molecule has 0 aliphatic rings. The van der Waals surface area contributed by atoms with Crippen LogP contribution < -0.4 is 5.32 Å². The molecule has 0 aliphatic heterocycles. The highest BCUT2D eigenvalue weighted by Gasteiger charge is 2.11. The first-order valence-corrected chi connectivity index (χ1v) is 7.34. The first-order valence-electron chi connectivity index (χ1n) is 6.21. The molecule has 2 rings (SSSR count). The zero-order chi connectivity index (χ0) is 14.7. The molecule has 2 aromatic rings. The average Bonchev–Trinajstić information content (AvgIpc) is 2.43. The van der Waals surface area contributed by atoms with E-state index in [4.69, 9.17) is 34.8 Å². The molecule has 2 N–H and O–H groups in total. The number of phenols is 1. The molecule has 2 aromatic carbocycles. The molecule has 0 aromatic heterocycles. The Bertz CT molecular complexity index is 616. The summed E-state index contributed by atoms with van der Waals surface area (Å²) in [4.78, 5) is 0. The van der Waals surface area contributed by atoms with Gasteiger partial charge in [0.05, 0.1) is 21.1 Å². The van der Waals surface area contributed by atoms with Crippen LogP contribution in [0.4, 0.5) is 5.69 Å². The fraction of sp³-hybridized carbons (Fsp3) is 0.200. The smallest absolute Gasteiger partial charge is 0.134 e. The van der Waals surface area contributed by atoms with E-state index in [1.807, 2.05) is 12.1 Å². The second-order valence-electron chi connectivity index (χ2n) is 4.44. The van der Waals surface area contributed by atoms with Crippen molar-refractivity contribution in [1.82, 2.24) is 0 Å². The van der Waals surface area contributed by atoms with E-state index in [2.05, 4.69) is 12.2 Å². The molecule has 0 heterocycles. The van der Waals surface area contributed by atoms with Gasteiger partial charge in [0.2, 0.25) is 0 Å². The van der Waals surface area contributed by atoms with Gasteiger partial charge >= 0.3 is 0 Å². The summed E-state index contributed by atoms with van der Waals surface area (Å²) in [6, 6.07) is 10.7. The number of aromatic hydroxyl groups is 1. The lowest BCUT2D eigenvalue weighted by Crippen LogP contribution is -2.09. The number of hydrogen-bond donors (Lipinski definition) is 2. The molecule has 0 aliphatic carbocycles. The van der Waals surface area contributed by atoms with Crippen molar-refractivity contribution in [3.05, 3.63) is 57.0 Å². The standard InChI is InChI=1S/C15H14Cl3NO/c1-2-14(9-3-5-11(16)12(17)7-9)19-10-4-6-15(20)13(18)8-10/h3-8,14,19-20H,2H2,1H3. The third-order valence-corrected chi connectivity index (χ3v) is 4.08. The van der Waals surface area contributed by atoms with Gasteiger partial charge in [-0.3, -0.25) is 0 Å². The van der Waals surface area contributed by atoms with Crippen LogP contribution in [-0.4, -0.2) is 5.11 Å². The molecule has 0 amide bonds. The third-order valence-electron chi connectivity index (χ3n) is 3.04. The highest BCUT2D eigenvalue weighted by Crippen LogP contribution is 2.31. The van der Waals surface area contributed by atoms with E-state index in [0.717, 1.165) is 17.7 Å². The summed E-state index contributed by atoms with van der Waals surface area (Å²) in [5, 5.41) is 14.2. The second-order valence-corrected chi connectivity index (χ2v) is 5.67. The van der Waals surface area contributed by atoms with Gasteiger partial charge in [-0.05, 0) is 42.3 Å². The number of phenolic OH excluding ortho intramolecular Hbond substituents is 1. The Hall–Kier alpha value is -1.09. The molecule has 20 heavy (non-hydrogen) atoms. The van der Waals surface area contributed by atoms with E-state index in [0.29, 0.717) is 15.1 Å². The van der Waals surface area contributed by atoms with Crippen LogP contribution in [0.25, 0.3) is 0 Å². The second kappa shape index (κ2) is 6.57. The Labute approximate surface area is 133 Å². The zero-order valence-corrected chi connectivity index (χ0v) is 13.1. The quantitative estimate of drug-likeness (QED) is 0.682. The lowest BCUT2D eigenvalue weighted by Gasteiger charge is -2.19. The molecule has 0 fully saturated rings. The Balaban J connectivity index is 2.23. The van der Waals surface area contributed by atoms with Gasteiger partial charge in [0, 0.05) is 5.69 Å². The first-order chi connectivity index (χ1) is 9.51. The van der Waals surface area contributed by atoms with Gasteiger partial charge in [0.1, 0.15) is 5.75 Å². The molecule has 5 heteroatoms. The van der Waals surface area contributed by atoms with Gasteiger partial charge in [0.25, 0.3) is 0 Å². The molecule has 2 nitrogen and oxygen atoms in total. The van der Waals surface area contributed by atoms with Crippen LogP contribution in [0.3, 0.4) is 0 Å². The maximum absolute atomic E-state index is 9.43. The highest BCUT2D eigenvalue weighted by molar-refractivity contribution is 6.42. The highest BCUT2D eigenvalue weighted by atomic mass is 35.5. The van der Waals surface area contributed by atoms with Crippen LogP contribution in [0.2, 0.25) is 15.1 Å². The number of halogens is 3. The van der Waals surface area contributed by atoms with E-state index < -0.39 is 0 Å². The summed E-state index contributed by atoms with van der Waals surface area (Å²) >= 11 is 17.9. The lowest BCUT2D eigenvalue weighted by molar-refractivity contribution is 0.475. The molecular formula is C15H14Cl3NO. The summed E-state index contributed by atoms with van der Waals surface area (Å²) in [6.07, 6.45) is 0.871. The van der Waals surface area contributed by atoms with E-state index >= 15 is 0 Å². The molecule has 0 bridgehead atoms. The Morgan fingerprint density at radius 2 is 1.75 bits per heavy atom. The predicted molar refractivity (Wildman–Crippen MR) is 86.2 cm³/mol. The van der Waals surface area contributed by atoms with E-state index in [1.165, 1.54) is 0 Å². The van der Waals surface area contributed by atoms with Crippen molar-refractivity contribution in [2.45, 2.75) is 19.4 Å². The SMILES string of the molecule is CCC(Nc1ccc(O)c(Cl)c1)c1ccc(Cl)c(Cl)c1. The largest absolute Gasteiger partial charge is 0.506 e. The monoisotopic (exact) mass is 329 g/mol. The van der Waals surface area contributed by atoms with Gasteiger partial charge in [-0.15, -0.1) is 0 Å². The predicted octanol–water partition coefficient (Wildman–Crippen LogP) is 5.92. The Morgan fingerprint density at radius 1 is 1.00 bits per heavy atom. The molecule has 1 unspecified atom stereocenters. The lowest BCUT2D eigenvalue weighted by atomic mass is 10.0. The summed E-state index contributed by atoms with van der Waals surface area (Å²) in [7, 11) is 0. The number of hydrogen-bond acceptors (Lipinski definition) is 2. The molecule has 0 spiro atoms. The van der Waals surface area contributed by atoms with Crippen LogP contribution in [0, 0.1) is 0 Å². The molecule has 0 saturated heterocycles. The number of benzene rings is 2. The summed E-state index contributed by atoms with van der Waals surface area (Å²) in [5.41, 5.74) is 1.89. The van der Waals surface area contributed by atoms with Gasteiger partial charge in [-0.1, -0.05) is 47.8 Å². The Kier molecular flexibility index (Phi) is 5.03. The van der Waals surface area contributed by atoms with E-state index in [-0.39, 0.29) is 11.8 Å². The number of rotatable bonds is 4. The van der Waals surface area contributed by atoms with Crippen LogP contribution in [0.5, 0.6) is 5.75 Å². The van der Waals surface area contributed by atoms with Crippen LogP contribution >= 0.6 is 34.8 Å². The first kappa shape index (κ1) is 15.3. The van der Waals surface area contributed by atoms with Gasteiger partial charge in [-0.2, -0.15) is 0 Å². The zero-order valence-electron chi connectivity index (χ0n) is 10.8. The summed E-state index contributed by atoms with van der Waals surface area (Å²) in [5.74, 6) is 0.0693. The minimum Gasteiger partial charge on any atom is -0.506 e. The molecule has 0 radical (unpaired) electrons. The van der Waals surface area contributed by atoms with Gasteiger partial charge in [0.15, 0.2) is 0 Å². The average molecular weight is 331 g/mol. The number of nitrogens with one attached hydrogen (secondary N) is 1. The van der Waals surface area contributed by atoms with E-state index in [1.54, 1.807) is 24.3 Å². The minimum absolute atomic E-state index is 0.0693. The van der Waals surface area contributed by atoms with Crippen molar-refractivity contribution in [1.29, 1.82) is 0 Å². The maximum Gasteiger partial charge on any atom is 0.134 e. The molecule has 0 saturated carbocycles. The van der Waals surface area contributed by atoms with Crippen LogP contribution in [0.1, 0.15) is 24.9 Å². The summed E-state index contributed by atoms with van der Waals surface area (Å²) < 4.78 is 0. The fourth-order valence-corrected chi connectivity index (χ4v) is 2.44. The maximum atomic E-state index is 9.43. The topological polar surface area (TPSA) is 32.3 Å². The van der Waals surface area contributed by atoms with Crippen molar-refractivity contribution < 1.29 is 5.11 Å². The van der Waals surface area contributed by atoms with Crippen LogP contribution in [-0.2, 0) is 0 Å². The molecule has 1 atom stereocenters. The van der Waals surface area contributed by atoms with E-state index in [9.17, 15) is 5.11 Å². The van der Waals surface area contributed by atoms with Crippen LogP contribution in [0.15, 0.2) is 36.4 Å². The van der Waals surface area contributed by atoms with Gasteiger partial charge < -0.3 is 10.4 Å². The number of anilines is 1. The van der Waals surface area contributed by atoms with Crippen molar-refractivity contribution in [3.63, 3.8) is 0 Å². The van der Waals surface area contributed by atoms with Crippen molar-refractivity contribution in [2.75, 3.05) is 5.32 Å². The normalized spacial score (nSPS) is 12.2. The summed E-state index contributed by atoms with van der Waals surface area (Å²) in [6.45, 7) is 2.07.